The quantitative estimate of drug-likeness (QED) is 0.536. The molecule has 1 aromatic rings. The molecule has 19 heavy (non-hydrogen) atoms. The van der Waals surface area contributed by atoms with Gasteiger partial charge in [-0.25, -0.2) is 0 Å². The molecule has 0 spiro atoms. The SMILES string of the molecule is CC(CCC(=O)O)NC(=O)Cn1ccc([N+](=O)[O-])n1. The Morgan fingerprint density at radius 2 is 2.32 bits per heavy atom. The van der Waals surface area contributed by atoms with Crippen LogP contribution in [0.25, 0.3) is 0 Å². The number of amides is 1. The number of carboxylic acids is 1. The number of nitrogens with one attached hydrogen (secondary N) is 1. The fourth-order valence-corrected chi connectivity index (χ4v) is 1.42. The van der Waals surface area contributed by atoms with Crippen LogP contribution >= 0.6 is 0 Å². The van der Waals surface area contributed by atoms with E-state index in [0.717, 1.165) is 4.68 Å². The van der Waals surface area contributed by atoms with Crippen molar-refractivity contribution in [3.63, 3.8) is 0 Å². The first-order valence-corrected chi connectivity index (χ1v) is 5.57. The standard InChI is InChI=1S/C10H14N4O5/c1-7(2-3-10(16)17)11-9(15)6-13-5-4-8(12-13)14(18)19/h4-5,7H,2-3,6H2,1H3,(H,11,15)(H,16,17). The van der Waals surface area contributed by atoms with Gasteiger partial charge in [-0.1, -0.05) is 0 Å². The number of hydrogen-bond donors (Lipinski definition) is 2. The average Bonchev–Trinajstić information content (AvgIpc) is 2.74. The van der Waals surface area contributed by atoms with Gasteiger partial charge in [-0.3, -0.25) is 9.59 Å². The van der Waals surface area contributed by atoms with Gasteiger partial charge in [0.15, 0.2) is 0 Å². The highest BCUT2D eigenvalue weighted by molar-refractivity contribution is 5.76. The van der Waals surface area contributed by atoms with Gasteiger partial charge in [-0.15, -0.1) is 0 Å². The first-order chi connectivity index (χ1) is 8.88. The summed E-state index contributed by atoms with van der Waals surface area (Å²) in [6, 6.07) is 0.912. The molecule has 0 bridgehead atoms. The van der Waals surface area contributed by atoms with Crippen LogP contribution in [0.4, 0.5) is 5.82 Å². The van der Waals surface area contributed by atoms with Crippen LogP contribution in [0.15, 0.2) is 12.3 Å². The molecule has 1 aromatic heterocycles. The number of nitrogens with zero attached hydrogens (tertiary/aromatic N) is 3. The molecule has 9 nitrogen and oxygen atoms in total. The summed E-state index contributed by atoms with van der Waals surface area (Å²) in [5.74, 6) is -1.63. The van der Waals surface area contributed by atoms with Crippen molar-refractivity contribution in [2.45, 2.75) is 32.4 Å². The van der Waals surface area contributed by atoms with Crippen molar-refractivity contribution in [3.8, 4) is 0 Å². The molecule has 1 unspecified atom stereocenters. The lowest BCUT2D eigenvalue weighted by Gasteiger charge is -2.11. The molecule has 0 aliphatic rings. The Hall–Kier alpha value is -2.45. The number of hydrogen-bond acceptors (Lipinski definition) is 5. The summed E-state index contributed by atoms with van der Waals surface area (Å²) in [6.07, 6.45) is 1.62. The van der Waals surface area contributed by atoms with Crippen LogP contribution in [0.5, 0.6) is 0 Å². The van der Waals surface area contributed by atoms with E-state index in [0.29, 0.717) is 6.42 Å². The monoisotopic (exact) mass is 270 g/mol. The minimum absolute atomic E-state index is 0.0330. The predicted octanol–water partition coefficient (Wildman–Crippen LogP) is 0.161. The molecular weight excluding hydrogens is 256 g/mol. The maximum Gasteiger partial charge on any atom is 0.389 e. The highest BCUT2D eigenvalue weighted by Gasteiger charge is 2.14. The van der Waals surface area contributed by atoms with Gasteiger partial charge in [0, 0.05) is 12.5 Å². The molecule has 2 N–H and O–H groups in total. The lowest BCUT2D eigenvalue weighted by Crippen LogP contribution is -2.35. The lowest BCUT2D eigenvalue weighted by molar-refractivity contribution is -0.389. The highest BCUT2D eigenvalue weighted by Crippen LogP contribution is 2.05. The van der Waals surface area contributed by atoms with Gasteiger partial charge < -0.3 is 20.5 Å². The second-order valence-electron chi connectivity index (χ2n) is 4.03. The second kappa shape index (κ2) is 6.47. The summed E-state index contributed by atoms with van der Waals surface area (Å²) in [7, 11) is 0. The van der Waals surface area contributed by atoms with Crippen molar-refractivity contribution in [2.75, 3.05) is 0 Å². The van der Waals surface area contributed by atoms with Crippen molar-refractivity contribution in [2.24, 2.45) is 0 Å². The number of aromatic nitrogens is 2. The Labute approximate surface area is 108 Å². The maximum atomic E-state index is 11.6. The molecule has 0 saturated heterocycles. The Morgan fingerprint density at radius 3 is 2.84 bits per heavy atom. The number of carbonyl (C=O) groups excluding carboxylic acids is 1. The third-order valence-corrected chi connectivity index (χ3v) is 2.32. The van der Waals surface area contributed by atoms with Crippen molar-refractivity contribution >= 4 is 17.7 Å². The van der Waals surface area contributed by atoms with Gasteiger partial charge in [0.25, 0.3) is 0 Å². The first-order valence-electron chi connectivity index (χ1n) is 5.57. The van der Waals surface area contributed by atoms with E-state index in [1.54, 1.807) is 6.92 Å². The topological polar surface area (TPSA) is 127 Å². The smallest absolute Gasteiger partial charge is 0.389 e. The van der Waals surface area contributed by atoms with Crippen LogP contribution < -0.4 is 5.32 Å². The molecule has 1 amide bonds. The molecule has 0 aliphatic carbocycles. The van der Waals surface area contributed by atoms with Gasteiger partial charge in [-0.05, 0) is 18.3 Å². The van der Waals surface area contributed by atoms with E-state index in [1.807, 2.05) is 0 Å². The summed E-state index contributed by atoms with van der Waals surface area (Å²) in [4.78, 5) is 31.7. The largest absolute Gasteiger partial charge is 0.481 e. The van der Waals surface area contributed by atoms with Crippen LogP contribution in [0.1, 0.15) is 19.8 Å². The Balaban J connectivity index is 2.41. The zero-order valence-electron chi connectivity index (χ0n) is 10.3. The first kappa shape index (κ1) is 14.6. The fraction of sp³-hybridized carbons (Fsp3) is 0.500. The molecule has 0 aliphatic heterocycles. The number of aliphatic carboxylic acids is 1. The summed E-state index contributed by atoms with van der Waals surface area (Å²) >= 11 is 0. The van der Waals surface area contributed by atoms with E-state index in [-0.39, 0.29) is 30.7 Å². The normalized spacial score (nSPS) is 11.8. The molecule has 1 heterocycles. The number of carboxylic acid groups (broad SMARTS) is 1. The Kier molecular flexibility index (Phi) is 4.98. The molecular formula is C10H14N4O5. The number of rotatable bonds is 7. The summed E-state index contributed by atoms with van der Waals surface area (Å²) in [5.41, 5.74) is 0. The molecule has 1 rings (SSSR count). The van der Waals surface area contributed by atoms with Crippen LogP contribution in [0.2, 0.25) is 0 Å². The summed E-state index contributed by atoms with van der Waals surface area (Å²) in [6.45, 7) is 1.54. The number of carbonyl (C=O) groups is 2. The van der Waals surface area contributed by atoms with E-state index in [1.165, 1.54) is 12.3 Å². The summed E-state index contributed by atoms with van der Waals surface area (Å²) < 4.78 is 1.15. The van der Waals surface area contributed by atoms with E-state index in [9.17, 15) is 19.7 Å². The predicted molar refractivity (Wildman–Crippen MR) is 63.4 cm³/mol. The lowest BCUT2D eigenvalue weighted by atomic mass is 10.2. The molecule has 1 atom stereocenters. The molecule has 9 heteroatoms. The Morgan fingerprint density at radius 1 is 1.63 bits per heavy atom. The third-order valence-electron chi connectivity index (χ3n) is 2.32. The van der Waals surface area contributed by atoms with E-state index in [2.05, 4.69) is 10.4 Å². The van der Waals surface area contributed by atoms with Crippen molar-refractivity contribution < 1.29 is 19.6 Å². The van der Waals surface area contributed by atoms with Crippen LogP contribution in [0.3, 0.4) is 0 Å². The van der Waals surface area contributed by atoms with Crippen molar-refractivity contribution in [1.29, 1.82) is 0 Å². The van der Waals surface area contributed by atoms with E-state index >= 15 is 0 Å². The molecule has 104 valence electrons. The maximum absolute atomic E-state index is 11.6. The van der Waals surface area contributed by atoms with Gasteiger partial charge in [-0.2, -0.15) is 4.68 Å². The van der Waals surface area contributed by atoms with Gasteiger partial charge >= 0.3 is 11.8 Å². The van der Waals surface area contributed by atoms with Crippen molar-refractivity contribution in [3.05, 3.63) is 22.4 Å². The van der Waals surface area contributed by atoms with Gasteiger partial charge in [0.05, 0.1) is 17.4 Å². The molecule has 0 saturated carbocycles. The molecule has 0 fully saturated rings. The minimum atomic E-state index is -0.927. The van der Waals surface area contributed by atoms with Crippen LogP contribution in [-0.2, 0) is 16.1 Å². The third kappa shape index (κ3) is 5.15. The second-order valence-corrected chi connectivity index (χ2v) is 4.03. The zero-order valence-corrected chi connectivity index (χ0v) is 10.3. The van der Waals surface area contributed by atoms with Crippen LogP contribution in [0, 0.1) is 10.1 Å². The zero-order chi connectivity index (χ0) is 14.4. The van der Waals surface area contributed by atoms with Gasteiger partial charge in [0.2, 0.25) is 5.91 Å². The van der Waals surface area contributed by atoms with Gasteiger partial charge in [0.1, 0.15) is 6.54 Å². The Bertz CT molecular complexity index is 484. The van der Waals surface area contributed by atoms with Crippen molar-refractivity contribution in [1.82, 2.24) is 15.1 Å². The molecule has 0 aromatic carbocycles. The summed E-state index contributed by atoms with van der Waals surface area (Å²) in [5, 5.41) is 25.1. The minimum Gasteiger partial charge on any atom is -0.481 e. The highest BCUT2D eigenvalue weighted by atomic mass is 16.6. The number of nitro groups is 1. The van der Waals surface area contributed by atoms with E-state index in [4.69, 9.17) is 5.11 Å². The average molecular weight is 270 g/mol. The van der Waals surface area contributed by atoms with Crippen LogP contribution in [-0.4, -0.2) is 37.7 Å². The molecule has 0 radical (unpaired) electrons. The fourth-order valence-electron chi connectivity index (χ4n) is 1.42. The van der Waals surface area contributed by atoms with E-state index < -0.39 is 10.9 Å².